The average molecular weight is 251 g/mol. The molecule has 0 fully saturated rings. The predicted molar refractivity (Wildman–Crippen MR) is 68.9 cm³/mol. The van der Waals surface area contributed by atoms with Gasteiger partial charge >= 0.3 is 0 Å². The van der Waals surface area contributed by atoms with Gasteiger partial charge in [-0.15, -0.1) is 0 Å². The molecule has 1 heterocycles. The minimum atomic E-state index is -1.07. The molecule has 4 nitrogen and oxygen atoms in total. The summed E-state index contributed by atoms with van der Waals surface area (Å²) < 4.78 is 12.8. The first-order valence-electron chi connectivity index (χ1n) is 6.01. The molecule has 0 radical (unpaired) electrons. The number of guanidine groups is 1. The molecule has 1 aliphatic heterocycles. The molecule has 3 N–H and O–H groups in total. The van der Waals surface area contributed by atoms with E-state index >= 15 is 0 Å². The fourth-order valence-electron chi connectivity index (χ4n) is 1.83. The number of nitrogens with zero attached hydrogens (tertiary/aromatic N) is 1. The molecule has 5 heteroatoms. The Hall–Kier alpha value is -1.62. The first-order valence-corrected chi connectivity index (χ1v) is 6.01. The Morgan fingerprint density at radius 1 is 1.50 bits per heavy atom. The minimum absolute atomic E-state index is 0.307. The van der Waals surface area contributed by atoms with Gasteiger partial charge in [-0.25, -0.2) is 4.39 Å². The molecule has 2 unspecified atom stereocenters. The first-order chi connectivity index (χ1) is 8.47. The van der Waals surface area contributed by atoms with Gasteiger partial charge in [-0.3, -0.25) is 4.99 Å². The Morgan fingerprint density at radius 2 is 2.17 bits per heavy atom. The topological polar surface area (TPSA) is 56.7 Å². The molecule has 0 saturated carbocycles. The van der Waals surface area contributed by atoms with Crippen molar-refractivity contribution in [3.05, 3.63) is 35.6 Å². The Morgan fingerprint density at radius 3 is 2.72 bits per heavy atom. The van der Waals surface area contributed by atoms with Gasteiger partial charge in [0.2, 0.25) is 0 Å². The summed E-state index contributed by atoms with van der Waals surface area (Å²) in [5.74, 6) is 0.392. The summed E-state index contributed by atoms with van der Waals surface area (Å²) in [5.41, 5.74) is -0.396. The highest BCUT2D eigenvalue weighted by Crippen LogP contribution is 2.19. The maximum atomic E-state index is 12.8. The molecule has 0 aliphatic carbocycles. The zero-order chi connectivity index (χ0) is 13.2. The van der Waals surface area contributed by atoms with Crippen LogP contribution in [0.5, 0.6) is 0 Å². The maximum absolute atomic E-state index is 12.8. The van der Waals surface area contributed by atoms with Crippen molar-refractivity contribution in [2.45, 2.75) is 25.5 Å². The smallest absolute Gasteiger partial charge is 0.191 e. The number of rotatable bonds is 3. The highest BCUT2D eigenvalue weighted by atomic mass is 19.1. The molecule has 0 amide bonds. The molecule has 1 aromatic carbocycles. The summed E-state index contributed by atoms with van der Waals surface area (Å²) in [6, 6.07) is 6.19. The van der Waals surface area contributed by atoms with Gasteiger partial charge in [-0.05, 0) is 31.5 Å². The molecule has 0 saturated heterocycles. The second-order valence-corrected chi connectivity index (χ2v) is 4.87. The van der Waals surface area contributed by atoms with Gasteiger partial charge in [-0.1, -0.05) is 12.1 Å². The third kappa shape index (κ3) is 2.98. The van der Waals surface area contributed by atoms with Crippen LogP contribution in [0.15, 0.2) is 29.3 Å². The number of nitrogens with one attached hydrogen (secondary N) is 2. The predicted octanol–water partition coefficient (Wildman–Crippen LogP) is 0.971. The second kappa shape index (κ2) is 4.94. The fourth-order valence-corrected chi connectivity index (χ4v) is 1.83. The van der Waals surface area contributed by atoms with E-state index in [4.69, 9.17) is 0 Å². The van der Waals surface area contributed by atoms with Gasteiger partial charge in [-0.2, -0.15) is 0 Å². The molecule has 1 aliphatic rings. The quantitative estimate of drug-likeness (QED) is 0.750. The fraction of sp³-hybridized carbons (Fsp3) is 0.462. The van der Waals surface area contributed by atoms with Crippen LogP contribution in [0.3, 0.4) is 0 Å². The van der Waals surface area contributed by atoms with Gasteiger partial charge < -0.3 is 15.7 Å². The summed E-state index contributed by atoms with van der Waals surface area (Å²) in [6.07, 6.45) is 0. The van der Waals surface area contributed by atoms with Crippen molar-refractivity contribution >= 4 is 5.96 Å². The van der Waals surface area contributed by atoms with Crippen LogP contribution in [0, 0.1) is 5.82 Å². The third-order valence-electron chi connectivity index (χ3n) is 2.97. The lowest BCUT2D eigenvalue weighted by molar-refractivity contribution is 0.0617. The lowest BCUT2D eigenvalue weighted by atomic mass is 9.96. The van der Waals surface area contributed by atoms with Crippen molar-refractivity contribution in [3.63, 3.8) is 0 Å². The number of hydrogen-bond acceptors (Lipinski definition) is 4. The van der Waals surface area contributed by atoms with Crippen molar-refractivity contribution in [1.82, 2.24) is 10.6 Å². The summed E-state index contributed by atoms with van der Waals surface area (Å²) in [5, 5.41) is 16.6. The minimum Gasteiger partial charge on any atom is -0.384 e. The van der Waals surface area contributed by atoms with Crippen molar-refractivity contribution in [1.29, 1.82) is 0 Å². The molecule has 1 aromatic rings. The molecule has 98 valence electrons. The average Bonchev–Trinajstić information content (AvgIpc) is 2.73. The summed E-state index contributed by atoms with van der Waals surface area (Å²) in [7, 11) is 0. The van der Waals surface area contributed by atoms with Crippen LogP contribution in [0.4, 0.5) is 4.39 Å². The SMILES string of the molecule is CC1CN=C(NCC(C)(O)c2ccc(F)cc2)N1. The van der Waals surface area contributed by atoms with Crippen LogP contribution >= 0.6 is 0 Å². The maximum Gasteiger partial charge on any atom is 0.191 e. The zero-order valence-electron chi connectivity index (χ0n) is 10.6. The standard InChI is InChI=1S/C13H18FN3O/c1-9-7-15-12(17-9)16-8-13(2,18)10-3-5-11(14)6-4-10/h3-6,9,18H,7-8H2,1-2H3,(H2,15,16,17). The van der Waals surface area contributed by atoms with E-state index in [1.807, 2.05) is 6.92 Å². The van der Waals surface area contributed by atoms with E-state index in [2.05, 4.69) is 15.6 Å². The van der Waals surface area contributed by atoms with Crippen LogP contribution < -0.4 is 10.6 Å². The largest absolute Gasteiger partial charge is 0.384 e. The van der Waals surface area contributed by atoms with Crippen molar-refractivity contribution in [3.8, 4) is 0 Å². The van der Waals surface area contributed by atoms with E-state index < -0.39 is 5.60 Å². The van der Waals surface area contributed by atoms with Gasteiger partial charge in [0.15, 0.2) is 5.96 Å². The van der Waals surface area contributed by atoms with Crippen LogP contribution in [-0.2, 0) is 5.60 Å². The molecular weight excluding hydrogens is 233 g/mol. The van der Waals surface area contributed by atoms with Crippen LogP contribution in [0.25, 0.3) is 0 Å². The second-order valence-electron chi connectivity index (χ2n) is 4.87. The van der Waals surface area contributed by atoms with Crippen molar-refractivity contribution < 1.29 is 9.50 Å². The monoisotopic (exact) mass is 251 g/mol. The molecule has 0 bridgehead atoms. The van der Waals surface area contributed by atoms with E-state index in [0.717, 1.165) is 6.54 Å². The Kier molecular flexibility index (Phi) is 3.52. The van der Waals surface area contributed by atoms with Crippen molar-refractivity contribution in [2.24, 2.45) is 4.99 Å². The number of hydrogen-bond donors (Lipinski definition) is 3. The molecule has 2 rings (SSSR count). The van der Waals surface area contributed by atoms with Crippen LogP contribution in [0.2, 0.25) is 0 Å². The lowest BCUT2D eigenvalue weighted by Gasteiger charge is -2.25. The molecule has 0 spiro atoms. The molecular formula is C13H18FN3O. The summed E-state index contributed by atoms with van der Waals surface area (Å²) in [4.78, 5) is 4.25. The summed E-state index contributed by atoms with van der Waals surface area (Å²) >= 11 is 0. The van der Waals surface area contributed by atoms with Gasteiger partial charge in [0.25, 0.3) is 0 Å². The summed E-state index contributed by atoms with van der Waals surface area (Å²) in [6.45, 7) is 4.78. The number of benzene rings is 1. The van der Waals surface area contributed by atoms with Crippen LogP contribution in [-0.4, -0.2) is 30.2 Å². The van der Waals surface area contributed by atoms with E-state index in [1.54, 1.807) is 19.1 Å². The van der Waals surface area contributed by atoms with Crippen molar-refractivity contribution in [2.75, 3.05) is 13.1 Å². The van der Waals surface area contributed by atoms with E-state index in [0.29, 0.717) is 24.1 Å². The number of aliphatic hydroxyl groups is 1. The van der Waals surface area contributed by atoms with Gasteiger partial charge in [0.1, 0.15) is 11.4 Å². The first kappa shape index (κ1) is 12.8. The molecule has 2 atom stereocenters. The van der Waals surface area contributed by atoms with Gasteiger partial charge in [0, 0.05) is 6.04 Å². The lowest BCUT2D eigenvalue weighted by Crippen LogP contribution is -2.44. The number of aliphatic imine (C=N–C) groups is 1. The van der Waals surface area contributed by atoms with Crippen LogP contribution in [0.1, 0.15) is 19.4 Å². The highest BCUT2D eigenvalue weighted by Gasteiger charge is 2.24. The van der Waals surface area contributed by atoms with E-state index in [9.17, 15) is 9.50 Å². The highest BCUT2D eigenvalue weighted by molar-refractivity contribution is 5.81. The van der Waals surface area contributed by atoms with E-state index in [1.165, 1.54) is 12.1 Å². The Balaban J connectivity index is 1.97. The third-order valence-corrected chi connectivity index (χ3v) is 2.97. The van der Waals surface area contributed by atoms with Gasteiger partial charge in [0.05, 0.1) is 13.1 Å². The Bertz CT molecular complexity index is 442. The normalized spacial score (nSPS) is 22.0. The molecule has 18 heavy (non-hydrogen) atoms. The number of halogens is 1. The van der Waals surface area contributed by atoms with E-state index in [-0.39, 0.29) is 5.82 Å². The Labute approximate surface area is 106 Å². The molecule has 0 aromatic heterocycles. The zero-order valence-corrected chi connectivity index (χ0v) is 10.6.